The van der Waals surface area contributed by atoms with Gasteiger partial charge in [0.05, 0.1) is 0 Å². The van der Waals surface area contributed by atoms with Crippen molar-refractivity contribution < 1.29 is 13.5 Å². The number of nitrogens with one attached hydrogen (secondary N) is 1. The molecule has 19 heavy (non-hydrogen) atoms. The minimum atomic E-state index is -3.41. The summed E-state index contributed by atoms with van der Waals surface area (Å²) in [5.74, 6) is 0.236. The molecule has 1 aliphatic rings. The third kappa shape index (κ3) is 4.24. The Kier molecular flexibility index (Phi) is 5.38. The summed E-state index contributed by atoms with van der Waals surface area (Å²) in [5.41, 5.74) is 0. The van der Waals surface area contributed by atoms with E-state index >= 15 is 0 Å². The molecular formula is C11H17BrN2O3S2. The minimum absolute atomic E-state index is 0.143. The molecule has 2 N–H and O–H groups in total. The zero-order valence-corrected chi connectivity index (χ0v) is 13.6. The molecule has 0 amide bonds. The number of aliphatic hydroxyl groups is 1. The van der Waals surface area contributed by atoms with Crippen molar-refractivity contribution in [2.24, 2.45) is 5.92 Å². The fourth-order valence-corrected chi connectivity index (χ4v) is 4.73. The summed E-state index contributed by atoms with van der Waals surface area (Å²) in [6.07, 6.45) is 1.45. The molecule has 8 heteroatoms. The van der Waals surface area contributed by atoms with E-state index in [-0.39, 0.29) is 12.5 Å². The molecule has 0 bridgehead atoms. The van der Waals surface area contributed by atoms with Gasteiger partial charge in [-0.15, -0.1) is 11.3 Å². The van der Waals surface area contributed by atoms with Crippen molar-refractivity contribution in [2.75, 3.05) is 19.7 Å². The lowest BCUT2D eigenvalue weighted by Gasteiger charge is -2.30. The van der Waals surface area contributed by atoms with E-state index in [2.05, 4.69) is 20.7 Å². The van der Waals surface area contributed by atoms with E-state index in [0.29, 0.717) is 19.6 Å². The van der Waals surface area contributed by atoms with Gasteiger partial charge in [-0.25, -0.2) is 0 Å². The Morgan fingerprint density at radius 3 is 2.68 bits per heavy atom. The van der Waals surface area contributed by atoms with Crippen LogP contribution in [0.2, 0.25) is 0 Å². The van der Waals surface area contributed by atoms with Crippen LogP contribution in [-0.4, -0.2) is 37.5 Å². The summed E-state index contributed by atoms with van der Waals surface area (Å²) in [7, 11) is -3.41. The summed E-state index contributed by atoms with van der Waals surface area (Å²) in [5, 5.41) is 11.0. The molecule has 108 valence electrons. The van der Waals surface area contributed by atoms with E-state index in [0.717, 1.165) is 22.2 Å². The highest BCUT2D eigenvalue weighted by Gasteiger charge is 2.27. The average Bonchev–Trinajstić information content (AvgIpc) is 2.82. The SMILES string of the molecule is O=S(=O)(NCc1cc(Br)cs1)N1CCC(CO)CC1. The lowest BCUT2D eigenvalue weighted by molar-refractivity contribution is 0.169. The maximum atomic E-state index is 12.1. The number of thiophene rings is 1. The summed E-state index contributed by atoms with van der Waals surface area (Å²) in [6.45, 7) is 1.42. The first-order valence-electron chi connectivity index (χ1n) is 6.10. The smallest absolute Gasteiger partial charge is 0.279 e. The van der Waals surface area contributed by atoms with Crippen molar-refractivity contribution in [3.05, 3.63) is 20.8 Å². The summed E-state index contributed by atoms with van der Waals surface area (Å²) in [4.78, 5) is 0.973. The van der Waals surface area contributed by atoms with Gasteiger partial charge in [-0.2, -0.15) is 17.4 Å². The van der Waals surface area contributed by atoms with Crippen LogP contribution in [0.25, 0.3) is 0 Å². The van der Waals surface area contributed by atoms with Crippen LogP contribution in [0, 0.1) is 5.92 Å². The van der Waals surface area contributed by atoms with E-state index in [1.807, 2.05) is 11.4 Å². The second-order valence-electron chi connectivity index (χ2n) is 4.58. The molecule has 0 unspecified atom stereocenters. The van der Waals surface area contributed by atoms with Crippen molar-refractivity contribution in [1.82, 2.24) is 9.03 Å². The lowest BCUT2D eigenvalue weighted by atomic mass is 10.00. The van der Waals surface area contributed by atoms with Crippen molar-refractivity contribution in [3.8, 4) is 0 Å². The van der Waals surface area contributed by atoms with Crippen molar-refractivity contribution in [3.63, 3.8) is 0 Å². The van der Waals surface area contributed by atoms with Crippen molar-refractivity contribution in [2.45, 2.75) is 19.4 Å². The van der Waals surface area contributed by atoms with Crippen LogP contribution < -0.4 is 4.72 Å². The molecule has 0 radical (unpaired) electrons. The number of piperidine rings is 1. The third-order valence-corrected chi connectivity index (χ3v) is 6.47. The molecule has 0 aliphatic carbocycles. The molecule has 1 fully saturated rings. The first kappa shape index (κ1) is 15.4. The molecule has 0 saturated carbocycles. The van der Waals surface area contributed by atoms with E-state index in [4.69, 9.17) is 5.11 Å². The van der Waals surface area contributed by atoms with Gasteiger partial charge in [-0.05, 0) is 40.8 Å². The van der Waals surface area contributed by atoms with Crippen LogP contribution in [-0.2, 0) is 16.8 Å². The predicted molar refractivity (Wildman–Crippen MR) is 79.2 cm³/mol. The number of nitrogens with zero attached hydrogens (tertiary/aromatic N) is 1. The standard InChI is InChI=1S/C11H17BrN2O3S2/c12-10-5-11(18-8-10)6-13-19(16,17)14-3-1-9(7-15)2-4-14/h5,8-9,13,15H,1-4,6-7H2. The van der Waals surface area contributed by atoms with Crippen LogP contribution in [0.4, 0.5) is 0 Å². The summed E-state index contributed by atoms with van der Waals surface area (Å²) >= 11 is 4.86. The van der Waals surface area contributed by atoms with Crippen molar-refractivity contribution in [1.29, 1.82) is 0 Å². The van der Waals surface area contributed by atoms with Crippen LogP contribution in [0.5, 0.6) is 0 Å². The Morgan fingerprint density at radius 1 is 1.47 bits per heavy atom. The van der Waals surface area contributed by atoms with Crippen LogP contribution in [0.1, 0.15) is 17.7 Å². The second-order valence-corrected chi connectivity index (χ2v) is 8.25. The summed E-state index contributed by atoms with van der Waals surface area (Å²) in [6, 6.07) is 1.91. The Balaban J connectivity index is 1.88. The predicted octanol–water partition coefficient (Wildman–Crippen LogP) is 1.55. The normalized spacial score (nSPS) is 18.8. The van der Waals surface area contributed by atoms with Crippen LogP contribution in [0.15, 0.2) is 15.9 Å². The highest BCUT2D eigenvalue weighted by molar-refractivity contribution is 9.10. The van der Waals surface area contributed by atoms with Gasteiger partial charge in [-0.1, -0.05) is 0 Å². The molecule has 1 aliphatic heterocycles. The molecule has 1 saturated heterocycles. The minimum Gasteiger partial charge on any atom is -0.396 e. The first-order valence-corrected chi connectivity index (χ1v) is 9.21. The summed E-state index contributed by atoms with van der Waals surface area (Å²) < 4.78 is 29.3. The molecule has 2 rings (SSSR count). The van der Waals surface area contributed by atoms with Gasteiger partial charge in [-0.3, -0.25) is 0 Å². The van der Waals surface area contributed by atoms with Gasteiger partial charge >= 0.3 is 0 Å². The molecular weight excluding hydrogens is 352 g/mol. The van der Waals surface area contributed by atoms with E-state index < -0.39 is 10.2 Å². The number of hydrogen-bond acceptors (Lipinski definition) is 4. The molecule has 5 nitrogen and oxygen atoms in total. The number of rotatable bonds is 5. The first-order chi connectivity index (χ1) is 9.01. The third-order valence-electron chi connectivity index (χ3n) is 3.22. The van der Waals surface area contributed by atoms with E-state index in [1.54, 1.807) is 0 Å². The Morgan fingerprint density at radius 2 is 2.16 bits per heavy atom. The van der Waals surface area contributed by atoms with Crippen LogP contribution >= 0.6 is 27.3 Å². The van der Waals surface area contributed by atoms with Gasteiger partial charge in [0.2, 0.25) is 0 Å². The largest absolute Gasteiger partial charge is 0.396 e. The second kappa shape index (κ2) is 6.64. The van der Waals surface area contributed by atoms with Gasteiger partial charge < -0.3 is 5.11 Å². The van der Waals surface area contributed by atoms with Gasteiger partial charge in [0.1, 0.15) is 0 Å². The monoisotopic (exact) mass is 368 g/mol. The fraction of sp³-hybridized carbons (Fsp3) is 0.636. The van der Waals surface area contributed by atoms with E-state index in [1.165, 1.54) is 15.6 Å². The molecule has 0 aromatic carbocycles. The Labute approximate surface area is 125 Å². The molecule has 0 atom stereocenters. The topological polar surface area (TPSA) is 69.6 Å². The van der Waals surface area contributed by atoms with E-state index in [9.17, 15) is 8.42 Å². The molecule has 0 spiro atoms. The number of halogens is 1. The molecule has 1 aromatic heterocycles. The maximum Gasteiger partial charge on any atom is 0.279 e. The average molecular weight is 369 g/mol. The number of aliphatic hydroxyl groups excluding tert-OH is 1. The zero-order chi connectivity index (χ0) is 13.9. The van der Waals surface area contributed by atoms with Gasteiger partial charge in [0.15, 0.2) is 0 Å². The van der Waals surface area contributed by atoms with Gasteiger partial charge in [0.25, 0.3) is 10.2 Å². The quantitative estimate of drug-likeness (QED) is 0.828. The fourth-order valence-electron chi connectivity index (χ4n) is 2.03. The lowest BCUT2D eigenvalue weighted by Crippen LogP contribution is -2.45. The van der Waals surface area contributed by atoms with Crippen molar-refractivity contribution >= 4 is 37.5 Å². The van der Waals surface area contributed by atoms with Crippen LogP contribution in [0.3, 0.4) is 0 Å². The Bertz CT molecular complexity index is 510. The highest BCUT2D eigenvalue weighted by atomic mass is 79.9. The van der Waals surface area contributed by atoms with Gasteiger partial charge in [0, 0.05) is 41.0 Å². The highest BCUT2D eigenvalue weighted by Crippen LogP contribution is 2.21. The molecule has 1 aromatic rings. The maximum absolute atomic E-state index is 12.1. The Hall–Kier alpha value is 0.01000. The number of hydrogen-bond donors (Lipinski definition) is 2. The zero-order valence-electron chi connectivity index (χ0n) is 10.4. The molecule has 2 heterocycles.